The van der Waals surface area contributed by atoms with Crippen molar-refractivity contribution in [1.82, 2.24) is 5.32 Å². The first-order chi connectivity index (χ1) is 5.79. The van der Waals surface area contributed by atoms with E-state index >= 15 is 0 Å². The topological polar surface area (TPSA) is 32.3 Å². The number of unbranched alkanes of at least 4 members (excludes halogenated alkanes) is 1. The van der Waals surface area contributed by atoms with Gasteiger partial charge in [-0.25, -0.2) is 0 Å². The molecule has 0 aromatic rings. The molecule has 0 aromatic carbocycles. The number of hydrogen-bond acceptors (Lipinski definition) is 2. The standard InChI is InChI=1S/C10H21NO/c1-3-5-6-8-7-11-9(4-2)10(8)12/h8-12H,3-7H2,1-2H3/t8-,9-,10+/m0/s1. The first-order valence-corrected chi connectivity index (χ1v) is 5.21. The van der Waals surface area contributed by atoms with E-state index in [0.717, 1.165) is 13.0 Å². The van der Waals surface area contributed by atoms with Crippen LogP contribution in [0.5, 0.6) is 0 Å². The summed E-state index contributed by atoms with van der Waals surface area (Å²) < 4.78 is 0. The van der Waals surface area contributed by atoms with Gasteiger partial charge in [-0.2, -0.15) is 0 Å². The summed E-state index contributed by atoms with van der Waals surface area (Å²) in [5, 5.41) is 13.2. The van der Waals surface area contributed by atoms with Crippen molar-refractivity contribution in [3.05, 3.63) is 0 Å². The predicted molar refractivity (Wildman–Crippen MR) is 51.1 cm³/mol. The maximum absolute atomic E-state index is 9.81. The second-order valence-corrected chi connectivity index (χ2v) is 3.82. The Morgan fingerprint density at radius 3 is 2.67 bits per heavy atom. The molecule has 0 bridgehead atoms. The highest BCUT2D eigenvalue weighted by Crippen LogP contribution is 2.22. The SMILES string of the molecule is CCCC[C@H]1CN[C@@H](CC)[C@@H]1O. The van der Waals surface area contributed by atoms with E-state index in [4.69, 9.17) is 0 Å². The summed E-state index contributed by atoms with van der Waals surface area (Å²) in [6.07, 6.45) is 4.62. The molecule has 0 amide bonds. The Bertz CT molecular complexity index is 127. The average Bonchev–Trinajstić information content (AvgIpc) is 2.43. The van der Waals surface area contributed by atoms with Gasteiger partial charge in [-0.05, 0) is 18.8 Å². The van der Waals surface area contributed by atoms with Crippen LogP contribution in [0.3, 0.4) is 0 Å². The van der Waals surface area contributed by atoms with Crippen LogP contribution in [0.1, 0.15) is 39.5 Å². The van der Waals surface area contributed by atoms with Crippen LogP contribution >= 0.6 is 0 Å². The Hall–Kier alpha value is -0.0800. The molecule has 2 heteroatoms. The lowest BCUT2D eigenvalue weighted by Gasteiger charge is -2.16. The summed E-state index contributed by atoms with van der Waals surface area (Å²) in [6.45, 7) is 5.34. The summed E-state index contributed by atoms with van der Waals surface area (Å²) in [7, 11) is 0. The molecule has 1 fully saturated rings. The molecule has 72 valence electrons. The minimum Gasteiger partial charge on any atom is -0.391 e. The smallest absolute Gasteiger partial charge is 0.0733 e. The summed E-state index contributed by atoms with van der Waals surface area (Å²) >= 11 is 0. The van der Waals surface area contributed by atoms with E-state index in [9.17, 15) is 5.11 Å². The first-order valence-electron chi connectivity index (χ1n) is 5.21. The molecule has 0 unspecified atom stereocenters. The average molecular weight is 171 g/mol. The van der Waals surface area contributed by atoms with Crippen LogP contribution in [0, 0.1) is 5.92 Å². The van der Waals surface area contributed by atoms with Crippen molar-refractivity contribution in [2.45, 2.75) is 51.7 Å². The Balaban J connectivity index is 2.28. The number of rotatable bonds is 4. The fourth-order valence-electron chi connectivity index (χ4n) is 2.00. The first kappa shape index (κ1) is 10.0. The molecule has 0 spiro atoms. The largest absolute Gasteiger partial charge is 0.391 e. The van der Waals surface area contributed by atoms with Gasteiger partial charge in [0.05, 0.1) is 6.10 Å². The molecular weight excluding hydrogens is 150 g/mol. The lowest BCUT2D eigenvalue weighted by atomic mass is 9.95. The molecule has 0 aliphatic carbocycles. The van der Waals surface area contributed by atoms with Crippen LogP contribution in [-0.2, 0) is 0 Å². The zero-order valence-corrected chi connectivity index (χ0v) is 8.21. The van der Waals surface area contributed by atoms with Gasteiger partial charge in [-0.3, -0.25) is 0 Å². The van der Waals surface area contributed by atoms with Gasteiger partial charge in [0.25, 0.3) is 0 Å². The monoisotopic (exact) mass is 171 g/mol. The van der Waals surface area contributed by atoms with Crippen molar-refractivity contribution < 1.29 is 5.11 Å². The molecule has 1 saturated heterocycles. The molecule has 0 saturated carbocycles. The quantitative estimate of drug-likeness (QED) is 0.672. The van der Waals surface area contributed by atoms with Gasteiger partial charge in [0.2, 0.25) is 0 Å². The van der Waals surface area contributed by atoms with Gasteiger partial charge < -0.3 is 10.4 Å². The lowest BCUT2D eigenvalue weighted by molar-refractivity contribution is 0.111. The molecule has 2 N–H and O–H groups in total. The van der Waals surface area contributed by atoms with Gasteiger partial charge in [-0.15, -0.1) is 0 Å². The summed E-state index contributed by atoms with van der Waals surface area (Å²) in [5.41, 5.74) is 0. The molecule has 1 aliphatic heterocycles. The van der Waals surface area contributed by atoms with Crippen molar-refractivity contribution in [2.75, 3.05) is 6.54 Å². The molecule has 1 heterocycles. The predicted octanol–water partition coefficient (Wildman–Crippen LogP) is 1.54. The summed E-state index contributed by atoms with van der Waals surface area (Å²) in [4.78, 5) is 0. The number of nitrogens with one attached hydrogen (secondary N) is 1. The Morgan fingerprint density at radius 2 is 2.17 bits per heavy atom. The third-order valence-corrected chi connectivity index (χ3v) is 2.91. The van der Waals surface area contributed by atoms with E-state index in [0.29, 0.717) is 12.0 Å². The molecule has 2 nitrogen and oxygen atoms in total. The van der Waals surface area contributed by atoms with Crippen LogP contribution in [0.25, 0.3) is 0 Å². The number of aliphatic hydroxyl groups excluding tert-OH is 1. The summed E-state index contributed by atoms with van der Waals surface area (Å²) in [5.74, 6) is 0.509. The lowest BCUT2D eigenvalue weighted by Crippen LogP contribution is -2.30. The van der Waals surface area contributed by atoms with Crippen molar-refractivity contribution in [3.8, 4) is 0 Å². The third-order valence-electron chi connectivity index (χ3n) is 2.91. The van der Waals surface area contributed by atoms with Crippen molar-refractivity contribution in [2.24, 2.45) is 5.92 Å². The van der Waals surface area contributed by atoms with Crippen molar-refractivity contribution in [3.63, 3.8) is 0 Å². The molecule has 0 radical (unpaired) electrons. The van der Waals surface area contributed by atoms with Gasteiger partial charge in [0, 0.05) is 12.6 Å². The van der Waals surface area contributed by atoms with E-state index in [1.807, 2.05) is 0 Å². The van der Waals surface area contributed by atoms with Crippen LogP contribution in [0.15, 0.2) is 0 Å². The molecule has 1 aliphatic rings. The second-order valence-electron chi connectivity index (χ2n) is 3.82. The molecular formula is C10H21NO. The van der Waals surface area contributed by atoms with Gasteiger partial charge in [0.1, 0.15) is 0 Å². The Labute approximate surface area is 75.4 Å². The van der Waals surface area contributed by atoms with Crippen LogP contribution in [-0.4, -0.2) is 23.8 Å². The third kappa shape index (κ3) is 2.20. The second kappa shape index (κ2) is 4.83. The maximum Gasteiger partial charge on any atom is 0.0733 e. The van der Waals surface area contributed by atoms with Gasteiger partial charge in [-0.1, -0.05) is 26.7 Å². The fourth-order valence-corrected chi connectivity index (χ4v) is 2.00. The zero-order chi connectivity index (χ0) is 8.97. The maximum atomic E-state index is 9.81. The minimum absolute atomic E-state index is 0.0958. The Morgan fingerprint density at radius 1 is 1.42 bits per heavy atom. The molecule has 0 aromatic heterocycles. The molecule has 1 rings (SSSR count). The summed E-state index contributed by atoms with van der Waals surface area (Å²) in [6, 6.07) is 0.354. The van der Waals surface area contributed by atoms with Gasteiger partial charge >= 0.3 is 0 Å². The highest BCUT2D eigenvalue weighted by Gasteiger charge is 2.31. The molecule has 12 heavy (non-hydrogen) atoms. The van der Waals surface area contributed by atoms with Crippen LogP contribution < -0.4 is 5.32 Å². The van der Waals surface area contributed by atoms with Crippen LogP contribution in [0.4, 0.5) is 0 Å². The fraction of sp³-hybridized carbons (Fsp3) is 1.00. The minimum atomic E-state index is -0.0958. The number of aliphatic hydroxyl groups is 1. The highest BCUT2D eigenvalue weighted by atomic mass is 16.3. The van der Waals surface area contributed by atoms with E-state index in [1.54, 1.807) is 0 Å². The van der Waals surface area contributed by atoms with Crippen LogP contribution in [0.2, 0.25) is 0 Å². The van der Waals surface area contributed by atoms with Crippen molar-refractivity contribution in [1.29, 1.82) is 0 Å². The number of hydrogen-bond donors (Lipinski definition) is 2. The van der Waals surface area contributed by atoms with Crippen molar-refractivity contribution >= 4 is 0 Å². The van der Waals surface area contributed by atoms with Gasteiger partial charge in [0.15, 0.2) is 0 Å². The normalized spacial score (nSPS) is 35.8. The van der Waals surface area contributed by atoms with E-state index in [2.05, 4.69) is 19.2 Å². The Kier molecular flexibility index (Phi) is 4.02. The van der Waals surface area contributed by atoms with E-state index in [1.165, 1.54) is 19.3 Å². The van der Waals surface area contributed by atoms with E-state index < -0.39 is 0 Å². The highest BCUT2D eigenvalue weighted by molar-refractivity contribution is 4.89. The molecule has 3 atom stereocenters. The van der Waals surface area contributed by atoms with E-state index in [-0.39, 0.29) is 6.10 Å². The zero-order valence-electron chi connectivity index (χ0n) is 8.21.